The topological polar surface area (TPSA) is 120 Å². The molecule has 6 rings (SSSR count). The molecule has 1 spiro atoms. The van der Waals surface area contributed by atoms with Crippen LogP contribution in [0.15, 0.2) is 42.6 Å². The minimum absolute atomic E-state index is 0.107. The number of aliphatic carboxylic acids is 1. The third-order valence-electron chi connectivity index (χ3n) is 7.63. The van der Waals surface area contributed by atoms with Crippen molar-refractivity contribution in [3.8, 4) is 0 Å². The number of pyridine rings is 1. The number of esters is 1. The number of carbonyl (C=O) groups is 3. The van der Waals surface area contributed by atoms with Crippen molar-refractivity contribution in [1.29, 1.82) is 0 Å². The quantitative estimate of drug-likeness (QED) is 0.578. The second-order valence-corrected chi connectivity index (χ2v) is 10.1. The summed E-state index contributed by atoms with van der Waals surface area (Å²) in [7, 11) is 0. The first-order chi connectivity index (χ1) is 17.9. The Labute approximate surface area is 215 Å². The van der Waals surface area contributed by atoms with E-state index in [1.54, 1.807) is 6.07 Å². The minimum Gasteiger partial charge on any atom is -0.475 e. The first-order valence-corrected chi connectivity index (χ1v) is 12.3. The lowest BCUT2D eigenvalue weighted by atomic mass is 9.91. The van der Waals surface area contributed by atoms with Crippen molar-refractivity contribution in [3.63, 3.8) is 0 Å². The molecule has 0 bridgehead atoms. The van der Waals surface area contributed by atoms with Gasteiger partial charge in [0.2, 0.25) is 5.91 Å². The molecule has 1 aromatic carbocycles. The Bertz CT molecular complexity index is 1260. The van der Waals surface area contributed by atoms with Gasteiger partial charge < -0.3 is 24.7 Å². The van der Waals surface area contributed by atoms with Gasteiger partial charge in [0.1, 0.15) is 5.82 Å². The summed E-state index contributed by atoms with van der Waals surface area (Å²) in [5, 5.41) is 16.9. The molecule has 202 valence electrons. The van der Waals surface area contributed by atoms with Gasteiger partial charge in [0.05, 0.1) is 23.6 Å². The van der Waals surface area contributed by atoms with E-state index < -0.39 is 23.2 Å². The van der Waals surface area contributed by atoms with Gasteiger partial charge in [-0.05, 0) is 37.0 Å². The van der Waals surface area contributed by atoms with E-state index in [2.05, 4.69) is 9.88 Å². The fourth-order valence-electron chi connectivity index (χ4n) is 5.46. The van der Waals surface area contributed by atoms with Crippen LogP contribution in [0.1, 0.15) is 47.2 Å². The summed E-state index contributed by atoms with van der Waals surface area (Å²) in [6, 6.07) is 11.5. The highest BCUT2D eigenvalue weighted by Crippen LogP contribution is 2.52. The number of ether oxygens (including phenoxy) is 1. The van der Waals surface area contributed by atoms with E-state index in [-0.39, 0.29) is 18.0 Å². The average molecular weight is 534 g/mol. The van der Waals surface area contributed by atoms with Gasteiger partial charge in [-0.2, -0.15) is 13.2 Å². The standard InChI is InChI=1S/C24H25N3O4.C2HF3O2/c28-17-7-11-26(14-17)20-6-5-16(13-25-20)23(8-9-23)22(30)27-12-10-24(15-27)19-4-2-1-3-18(19)21(29)31-24;3-2(4,5)1(6)7/h1-6,13,17,28H,7-12,14-15H2;(H,6,7)/t17-,24-;/m0./s1. The zero-order valence-electron chi connectivity index (χ0n) is 20.3. The number of nitrogens with zero attached hydrogens (tertiary/aromatic N) is 3. The number of alkyl halides is 3. The third kappa shape index (κ3) is 4.57. The molecule has 0 unspecified atom stereocenters. The minimum atomic E-state index is -5.08. The SMILES string of the molecule is O=C(O)C(F)(F)F.O=C1O[C@]2(CCN(C(=O)C3(c4ccc(N5CC[C@H](O)C5)nc4)CC3)C2)c2ccccc21. The van der Waals surface area contributed by atoms with Crippen LogP contribution in [0.5, 0.6) is 0 Å². The van der Waals surface area contributed by atoms with Gasteiger partial charge in [0.25, 0.3) is 0 Å². The summed E-state index contributed by atoms with van der Waals surface area (Å²) in [6.45, 7) is 2.40. The summed E-state index contributed by atoms with van der Waals surface area (Å²) in [6.07, 6.45) is -0.538. The van der Waals surface area contributed by atoms with Crippen LogP contribution in [-0.2, 0) is 25.3 Å². The summed E-state index contributed by atoms with van der Waals surface area (Å²) in [5.74, 6) is -2.10. The number of carboxylic acids is 1. The summed E-state index contributed by atoms with van der Waals surface area (Å²) >= 11 is 0. The lowest BCUT2D eigenvalue weighted by Gasteiger charge is -2.27. The Balaban J connectivity index is 0.000000374. The Morgan fingerprint density at radius 1 is 1.08 bits per heavy atom. The molecular formula is C26H26F3N3O6. The number of anilines is 1. The second-order valence-electron chi connectivity index (χ2n) is 10.1. The van der Waals surface area contributed by atoms with E-state index in [9.17, 15) is 27.9 Å². The number of carboxylic acid groups (broad SMARTS) is 1. The first kappa shape index (κ1) is 26.0. The number of rotatable bonds is 3. The number of aliphatic hydroxyl groups excluding tert-OH is 1. The molecule has 3 aliphatic heterocycles. The van der Waals surface area contributed by atoms with Gasteiger partial charge in [-0.1, -0.05) is 24.3 Å². The van der Waals surface area contributed by atoms with Gasteiger partial charge in [-0.15, -0.1) is 0 Å². The van der Waals surface area contributed by atoms with Crippen LogP contribution in [0.2, 0.25) is 0 Å². The van der Waals surface area contributed by atoms with E-state index in [1.165, 1.54) is 0 Å². The van der Waals surface area contributed by atoms with Gasteiger partial charge in [-0.3, -0.25) is 4.79 Å². The molecule has 2 aromatic rings. The molecule has 4 aliphatic rings. The van der Waals surface area contributed by atoms with Crippen molar-refractivity contribution in [2.24, 2.45) is 0 Å². The van der Waals surface area contributed by atoms with Crippen molar-refractivity contribution >= 4 is 23.7 Å². The number of hydrogen-bond donors (Lipinski definition) is 2. The number of aliphatic hydroxyl groups is 1. The number of aromatic nitrogens is 1. The highest BCUT2D eigenvalue weighted by Gasteiger charge is 2.58. The fourth-order valence-corrected chi connectivity index (χ4v) is 5.46. The molecule has 38 heavy (non-hydrogen) atoms. The van der Waals surface area contributed by atoms with Crippen LogP contribution in [0.25, 0.3) is 0 Å². The summed E-state index contributed by atoms with van der Waals surface area (Å²) < 4.78 is 37.5. The Kier molecular flexibility index (Phi) is 6.33. The predicted molar refractivity (Wildman–Crippen MR) is 126 cm³/mol. The lowest BCUT2D eigenvalue weighted by Crippen LogP contribution is -2.40. The molecule has 2 atom stereocenters. The van der Waals surface area contributed by atoms with Gasteiger partial charge in [-0.25, -0.2) is 14.6 Å². The number of benzene rings is 1. The smallest absolute Gasteiger partial charge is 0.475 e. The number of fused-ring (bicyclic) bond motifs is 2. The zero-order valence-corrected chi connectivity index (χ0v) is 20.3. The average Bonchev–Trinajstić information content (AvgIpc) is 3.27. The molecule has 1 aromatic heterocycles. The molecular weight excluding hydrogens is 507 g/mol. The van der Waals surface area contributed by atoms with E-state index >= 15 is 0 Å². The molecule has 2 saturated heterocycles. The van der Waals surface area contributed by atoms with E-state index in [0.717, 1.165) is 42.8 Å². The van der Waals surface area contributed by atoms with Crippen LogP contribution < -0.4 is 4.90 Å². The molecule has 1 saturated carbocycles. The number of β-amino-alcohol motifs (C(OH)–C–C–N with tert-alkyl or cyclic N) is 1. The Morgan fingerprint density at radius 3 is 2.37 bits per heavy atom. The van der Waals surface area contributed by atoms with Crippen molar-refractivity contribution in [3.05, 3.63) is 59.3 Å². The largest absolute Gasteiger partial charge is 0.490 e. The number of hydrogen-bond acceptors (Lipinski definition) is 7. The highest BCUT2D eigenvalue weighted by atomic mass is 19.4. The molecule has 1 amide bonds. The summed E-state index contributed by atoms with van der Waals surface area (Å²) in [5.41, 5.74) is 1.25. The van der Waals surface area contributed by atoms with E-state index in [1.807, 2.05) is 41.4 Å². The highest BCUT2D eigenvalue weighted by molar-refractivity contribution is 5.96. The predicted octanol–water partition coefficient (Wildman–Crippen LogP) is 2.62. The lowest BCUT2D eigenvalue weighted by molar-refractivity contribution is -0.192. The molecule has 3 fully saturated rings. The molecule has 0 radical (unpaired) electrons. The number of carbonyl (C=O) groups excluding carboxylic acids is 2. The zero-order chi connectivity index (χ0) is 27.3. The van der Waals surface area contributed by atoms with Gasteiger partial charge in [0, 0.05) is 37.8 Å². The van der Waals surface area contributed by atoms with Gasteiger partial charge in [0.15, 0.2) is 5.60 Å². The van der Waals surface area contributed by atoms with Crippen LogP contribution in [-0.4, -0.2) is 76.4 Å². The van der Waals surface area contributed by atoms with Crippen molar-refractivity contribution < 1.29 is 42.5 Å². The van der Waals surface area contributed by atoms with Crippen LogP contribution in [0.4, 0.5) is 19.0 Å². The Morgan fingerprint density at radius 2 is 1.79 bits per heavy atom. The number of amides is 1. The van der Waals surface area contributed by atoms with Crippen LogP contribution >= 0.6 is 0 Å². The fraction of sp³-hybridized carbons (Fsp3) is 0.462. The van der Waals surface area contributed by atoms with E-state index in [4.69, 9.17) is 14.6 Å². The second kappa shape index (κ2) is 9.26. The number of halogens is 3. The van der Waals surface area contributed by atoms with Crippen molar-refractivity contribution in [2.75, 3.05) is 31.1 Å². The normalized spacial score (nSPS) is 25.1. The Hall–Kier alpha value is -3.67. The molecule has 1 aliphatic carbocycles. The maximum Gasteiger partial charge on any atom is 0.490 e. The van der Waals surface area contributed by atoms with Crippen molar-refractivity contribution in [2.45, 2.75) is 49.0 Å². The van der Waals surface area contributed by atoms with Crippen molar-refractivity contribution in [1.82, 2.24) is 9.88 Å². The van der Waals surface area contributed by atoms with E-state index in [0.29, 0.717) is 31.6 Å². The third-order valence-corrected chi connectivity index (χ3v) is 7.63. The van der Waals surface area contributed by atoms with Gasteiger partial charge >= 0.3 is 18.1 Å². The maximum absolute atomic E-state index is 13.6. The molecule has 4 heterocycles. The van der Waals surface area contributed by atoms with Crippen LogP contribution in [0, 0.1) is 0 Å². The maximum atomic E-state index is 13.6. The monoisotopic (exact) mass is 533 g/mol. The first-order valence-electron chi connectivity index (χ1n) is 12.3. The summed E-state index contributed by atoms with van der Waals surface area (Å²) in [4.78, 5) is 43.3. The number of likely N-dealkylation sites (tertiary alicyclic amines) is 1. The molecule has 12 heteroatoms. The molecule has 2 N–H and O–H groups in total. The van der Waals surface area contributed by atoms with Crippen LogP contribution in [0.3, 0.4) is 0 Å². The molecule has 9 nitrogen and oxygen atoms in total.